The van der Waals surface area contributed by atoms with E-state index in [-0.39, 0.29) is 27.0 Å². The van der Waals surface area contributed by atoms with Crippen LogP contribution in [0, 0.1) is 13.8 Å². The van der Waals surface area contributed by atoms with E-state index in [0.29, 0.717) is 16.8 Å². The lowest BCUT2D eigenvalue weighted by Crippen LogP contribution is -2.21. The molecule has 1 N–H and O–H groups in total. The van der Waals surface area contributed by atoms with Gasteiger partial charge in [-0.05, 0) is 32.0 Å². The normalized spacial score (nSPS) is 10.9. The molecule has 0 saturated heterocycles. The number of amides is 1. The van der Waals surface area contributed by atoms with Crippen molar-refractivity contribution in [3.05, 3.63) is 75.4 Å². The predicted octanol–water partition coefficient (Wildman–Crippen LogP) is 5.61. The molecule has 0 aliphatic carbocycles. The summed E-state index contributed by atoms with van der Waals surface area (Å²) in [4.78, 5) is 29.7. The number of hydrogen-bond acceptors (Lipinski definition) is 6. The number of carbonyl (C=O) groups is 2. The Morgan fingerprint density at radius 1 is 1.06 bits per heavy atom. The number of carbonyl (C=O) groups excluding carboxylic acids is 2. The first-order valence-electron chi connectivity index (χ1n) is 9.58. The van der Waals surface area contributed by atoms with Crippen molar-refractivity contribution in [1.82, 2.24) is 10.1 Å². The third-order valence-electron chi connectivity index (χ3n) is 4.75. The lowest BCUT2D eigenvalue weighted by molar-refractivity contribution is -0.119. The Hall–Kier alpha value is -3.42. The number of ether oxygens (including phenoxy) is 1. The number of benzene rings is 2. The van der Waals surface area contributed by atoms with E-state index in [0.717, 1.165) is 11.1 Å². The standard InChI is InChI=1S/C23H17Cl2N3O4/c1-12-6-8-14(9-7-12)18-10-15(20-13(2)28-32-22(20)26-18)23(30)31-11-19(29)27-21-16(24)4-3-5-17(21)25/h3-10H,11H2,1-2H3,(H,27,29). The van der Waals surface area contributed by atoms with E-state index in [1.165, 1.54) is 0 Å². The Bertz CT molecular complexity index is 1310. The average molecular weight is 470 g/mol. The zero-order valence-corrected chi connectivity index (χ0v) is 18.6. The average Bonchev–Trinajstić information content (AvgIpc) is 3.15. The van der Waals surface area contributed by atoms with Crippen LogP contribution in [0.5, 0.6) is 0 Å². The van der Waals surface area contributed by atoms with Gasteiger partial charge in [-0.3, -0.25) is 4.79 Å². The smallest absolute Gasteiger partial charge is 0.339 e. The Morgan fingerprint density at radius 3 is 2.44 bits per heavy atom. The molecule has 1 amide bonds. The molecule has 0 atom stereocenters. The van der Waals surface area contributed by atoms with Gasteiger partial charge in [0.2, 0.25) is 0 Å². The van der Waals surface area contributed by atoms with E-state index in [4.69, 9.17) is 32.5 Å². The van der Waals surface area contributed by atoms with Crippen molar-refractivity contribution in [1.29, 1.82) is 0 Å². The van der Waals surface area contributed by atoms with Gasteiger partial charge in [-0.15, -0.1) is 0 Å². The largest absolute Gasteiger partial charge is 0.452 e. The fourth-order valence-electron chi connectivity index (χ4n) is 3.13. The van der Waals surface area contributed by atoms with Gasteiger partial charge in [-0.25, -0.2) is 9.78 Å². The lowest BCUT2D eigenvalue weighted by Gasteiger charge is -2.10. The van der Waals surface area contributed by atoms with Crippen molar-refractivity contribution in [2.45, 2.75) is 13.8 Å². The first-order valence-corrected chi connectivity index (χ1v) is 10.3. The van der Waals surface area contributed by atoms with Crippen LogP contribution < -0.4 is 5.32 Å². The van der Waals surface area contributed by atoms with E-state index in [1.54, 1.807) is 31.2 Å². The van der Waals surface area contributed by atoms with Crippen LogP contribution in [0.3, 0.4) is 0 Å². The fourth-order valence-corrected chi connectivity index (χ4v) is 3.62. The Labute approximate surface area is 193 Å². The van der Waals surface area contributed by atoms with Crippen molar-refractivity contribution in [3.8, 4) is 11.3 Å². The molecule has 0 aliphatic rings. The van der Waals surface area contributed by atoms with Gasteiger partial charge >= 0.3 is 5.97 Å². The van der Waals surface area contributed by atoms with Crippen molar-refractivity contribution >= 4 is 51.9 Å². The maximum Gasteiger partial charge on any atom is 0.339 e. The summed E-state index contributed by atoms with van der Waals surface area (Å²) < 4.78 is 10.5. The molecule has 4 rings (SSSR count). The van der Waals surface area contributed by atoms with Crippen LogP contribution in [-0.2, 0) is 9.53 Å². The van der Waals surface area contributed by atoms with Gasteiger partial charge in [-0.2, -0.15) is 0 Å². The minimum absolute atomic E-state index is 0.202. The first kappa shape index (κ1) is 21.8. The molecular weight excluding hydrogens is 453 g/mol. The zero-order chi connectivity index (χ0) is 22.8. The van der Waals surface area contributed by atoms with E-state index in [9.17, 15) is 9.59 Å². The number of aryl methyl sites for hydroxylation is 2. The summed E-state index contributed by atoms with van der Waals surface area (Å²) in [5.74, 6) is -1.29. The van der Waals surface area contributed by atoms with Gasteiger partial charge in [0.25, 0.3) is 11.6 Å². The number of fused-ring (bicyclic) bond motifs is 1. The summed E-state index contributed by atoms with van der Waals surface area (Å²) in [6, 6.07) is 14.1. The maximum absolute atomic E-state index is 12.9. The molecule has 0 saturated carbocycles. The van der Waals surface area contributed by atoms with Gasteiger partial charge in [0.15, 0.2) is 6.61 Å². The molecule has 0 fully saturated rings. The van der Waals surface area contributed by atoms with Crippen LogP contribution >= 0.6 is 23.2 Å². The number of rotatable bonds is 5. The molecule has 0 aliphatic heterocycles. The van der Waals surface area contributed by atoms with Crippen LogP contribution in [0.2, 0.25) is 10.0 Å². The van der Waals surface area contributed by atoms with Crippen LogP contribution in [0.25, 0.3) is 22.4 Å². The molecule has 9 heteroatoms. The molecule has 32 heavy (non-hydrogen) atoms. The second-order valence-corrected chi connectivity index (χ2v) is 7.90. The Morgan fingerprint density at radius 2 is 1.75 bits per heavy atom. The van der Waals surface area contributed by atoms with Crippen LogP contribution in [-0.4, -0.2) is 28.6 Å². The SMILES string of the molecule is Cc1ccc(-c2cc(C(=O)OCC(=O)Nc3c(Cl)cccc3Cl)c3c(C)noc3n2)cc1. The first-order chi connectivity index (χ1) is 15.3. The fraction of sp³-hybridized carbons (Fsp3) is 0.130. The highest BCUT2D eigenvalue weighted by Crippen LogP contribution is 2.30. The number of hydrogen-bond donors (Lipinski definition) is 1. The lowest BCUT2D eigenvalue weighted by atomic mass is 10.0. The van der Waals surface area contributed by atoms with E-state index in [2.05, 4.69) is 15.5 Å². The predicted molar refractivity (Wildman–Crippen MR) is 122 cm³/mol. The topological polar surface area (TPSA) is 94.3 Å². The second kappa shape index (κ2) is 8.98. The van der Waals surface area contributed by atoms with Crippen molar-refractivity contribution in [3.63, 3.8) is 0 Å². The van der Waals surface area contributed by atoms with Crippen LogP contribution in [0.4, 0.5) is 5.69 Å². The van der Waals surface area contributed by atoms with E-state index < -0.39 is 18.5 Å². The minimum Gasteiger partial charge on any atom is -0.452 e. The monoisotopic (exact) mass is 469 g/mol. The number of nitrogens with one attached hydrogen (secondary N) is 1. The van der Waals surface area contributed by atoms with Crippen LogP contribution in [0.1, 0.15) is 21.6 Å². The zero-order valence-electron chi connectivity index (χ0n) is 17.1. The molecular formula is C23H17Cl2N3O4. The molecule has 2 heterocycles. The van der Waals surface area contributed by atoms with E-state index in [1.807, 2.05) is 31.2 Å². The minimum atomic E-state index is -0.711. The molecule has 0 bridgehead atoms. The molecule has 2 aromatic carbocycles. The Kier molecular flexibility index (Phi) is 6.12. The molecule has 0 unspecified atom stereocenters. The molecule has 7 nitrogen and oxygen atoms in total. The number of nitrogens with zero attached hydrogens (tertiary/aromatic N) is 2. The number of pyridine rings is 1. The van der Waals surface area contributed by atoms with Crippen molar-refractivity contribution in [2.24, 2.45) is 0 Å². The number of aromatic nitrogens is 2. The van der Waals surface area contributed by atoms with E-state index >= 15 is 0 Å². The highest BCUT2D eigenvalue weighted by atomic mass is 35.5. The van der Waals surface area contributed by atoms with Crippen molar-refractivity contribution < 1.29 is 18.8 Å². The summed E-state index contributed by atoms with van der Waals surface area (Å²) in [7, 11) is 0. The molecule has 2 aromatic heterocycles. The summed E-state index contributed by atoms with van der Waals surface area (Å²) in [5, 5.41) is 7.43. The van der Waals surface area contributed by atoms with Crippen LogP contribution in [0.15, 0.2) is 53.1 Å². The van der Waals surface area contributed by atoms with Gasteiger partial charge in [0.05, 0.1) is 38.1 Å². The molecule has 162 valence electrons. The summed E-state index contributed by atoms with van der Waals surface area (Å²) in [6.07, 6.45) is 0. The number of halogens is 2. The van der Waals surface area contributed by atoms with Gasteiger partial charge < -0.3 is 14.6 Å². The third kappa shape index (κ3) is 4.44. The molecule has 0 spiro atoms. The van der Waals surface area contributed by atoms with Gasteiger partial charge in [0.1, 0.15) is 0 Å². The summed E-state index contributed by atoms with van der Waals surface area (Å²) >= 11 is 12.1. The molecule has 4 aromatic rings. The molecule has 0 radical (unpaired) electrons. The number of anilines is 1. The highest BCUT2D eigenvalue weighted by Gasteiger charge is 2.21. The summed E-state index contributed by atoms with van der Waals surface area (Å²) in [6.45, 7) is 3.14. The van der Waals surface area contributed by atoms with Gasteiger partial charge in [0, 0.05) is 5.56 Å². The third-order valence-corrected chi connectivity index (χ3v) is 5.38. The quantitative estimate of drug-likeness (QED) is 0.381. The number of esters is 1. The number of para-hydroxylation sites is 1. The maximum atomic E-state index is 12.9. The Balaban J connectivity index is 1.58. The highest BCUT2D eigenvalue weighted by molar-refractivity contribution is 6.39. The second-order valence-electron chi connectivity index (χ2n) is 7.09. The summed E-state index contributed by atoms with van der Waals surface area (Å²) in [5.41, 5.74) is 3.56. The van der Waals surface area contributed by atoms with Gasteiger partial charge in [-0.1, -0.05) is 64.3 Å². The van der Waals surface area contributed by atoms with Crippen molar-refractivity contribution in [2.75, 3.05) is 11.9 Å².